The van der Waals surface area contributed by atoms with Gasteiger partial charge in [0.1, 0.15) is 6.29 Å². The van der Waals surface area contributed by atoms with E-state index in [1.807, 2.05) is 50.2 Å². The van der Waals surface area contributed by atoms with E-state index in [1.54, 1.807) is 0 Å². The van der Waals surface area contributed by atoms with E-state index in [1.165, 1.54) is 5.56 Å². The van der Waals surface area contributed by atoms with Crippen LogP contribution in [0.1, 0.15) is 48.4 Å². The van der Waals surface area contributed by atoms with Gasteiger partial charge in [0.2, 0.25) is 0 Å². The number of aldehydes is 1. The van der Waals surface area contributed by atoms with Crippen molar-refractivity contribution in [2.75, 3.05) is 6.54 Å². The van der Waals surface area contributed by atoms with Crippen molar-refractivity contribution in [3.05, 3.63) is 76.5 Å². The van der Waals surface area contributed by atoms with Crippen molar-refractivity contribution < 1.29 is 9.59 Å². The van der Waals surface area contributed by atoms with Crippen LogP contribution >= 0.6 is 0 Å². The number of hydrogen-bond acceptors (Lipinski definition) is 3. The van der Waals surface area contributed by atoms with Gasteiger partial charge in [0.15, 0.2) is 0 Å². The molecule has 0 aromatic heterocycles. The third-order valence-corrected chi connectivity index (χ3v) is 5.04. The molecule has 27 heavy (non-hydrogen) atoms. The topological polar surface area (TPSA) is 58.2 Å². The lowest BCUT2D eigenvalue weighted by Gasteiger charge is -2.26. The summed E-state index contributed by atoms with van der Waals surface area (Å²) in [5.41, 5.74) is 5.66. The molecule has 0 spiro atoms. The fourth-order valence-electron chi connectivity index (χ4n) is 3.54. The molecule has 2 aromatic carbocycles. The van der Waals surface area contributed by atoms with Gasteiger partial charge in [-0.2, -0.15) is 0 Å². The van der Waals surface area contributed by atoms with Crippen LogP contribution in [0.2, 0.25) is 0 Å². The molecule has 1 atom stereocenters. The summed E-state index contributed by atoms with van der Waals surface area (Å²) < 4.78 is 0. The molecule has 1 heterocycles. The summed E-state index contributed by atoms with van der Waals surface area (Å²) in [6, 6.07) is 16.2. The predicted molar refractivity (Wildman–Crippen MR) is 108 cm³/mol. The van der Waals surface area contributed by atoms with E-state index in [9.17, 15) is 9.59 Å². The molecule has 0 unspecified atom stereocenters. The Morgan fingerprint density at radius 2 is 1.96 bits per heavy atom. The van der Waals surface area contributed by atoms with Crippen LogP contribution in [0.25, 0.3) is 5.57 Å². The molecule has 2 aromatic rings. The first-order chi connectivity index (χ1) is 13.1. The molecule has 1 aliphatic rings. The number of carbonyl (C=O) groups is 2. The van der Waals surface area contributed by atoms with E-state index in [0.29, 0.717) is 18.7 Å². The molecule has 3 rings (SSSR count). The van der Waals surface area contributed by atoms with Crippen LogP contribution in [0.5, 0.6) is 0 Å². The Morgan fingerprint density at radius 3 is 2.70 bits per heavy atom. The maximum atomic E-state index is 12.9. The number of hydrogen-bond donors (Lipinski definition) is 2. The number of carbonyl (C=O) groups excluding carboxylic acids is 2. The van der Waals surface area contributed by atoms with Crippen molar-refractivity contribution >= 4 is 17.8 Å². The molecule has 0 saturated heterocycles. The predicted octanol–water partition coefficient (Wildman–Crippen LogP) is 3.57. The Bertz CT molecular complexity index is 856. The number of benzene rings is 2. The monoisotopic (exact) mass is 362 g/mol. The molecule has 0 bridgehead atoms. The Morgan fingerprint density at radius 1 is 1.19 bits per heavy atom. The lowest BCUT2D eigenvalue weighted by atomic mass is 9.85. The first-order valence-corrected chi connectivity index (χ1v) is 9.46. The molecule has 4 nitrogen and oxygen atoms in total. The van der Waals surface area contributed by atoms with Gasteiger partial charge in [0.05, 0.1) is 5.57 Å². The highest BCUT2D eigenvalue weighted by atomic mass is 16.1. The van der Waals surface area contributed by atoms with Gasteiger partial charge in [-0.3, -0.25) is 4.79 Å². The zero-order valence-corrected chi connectivity index (χ0v) is 15.9. The van der Waals surface area contributed by atoms with Gasteiger partial charge in [-0.15, -0.1) is 0 Å². The molecular weight excluding hydrogens is 336 g/mol. The Hall–Kier alpha value is -2.88. The number of fused-ring (bicyclic) bond motifs is 1. The van der Waals surface area contributed by atoms with Gasteiger partial charge < -0.3 is 15.4 Å². The molecule has 1 aliphatic heterocycles. The molecule has 0 aliphatic carbocycles. The van der Waals surface area contributed by atoms with Crippen LogP contribution in [0.4, 0.5) is 0 Å². The minimum Gasteiger partial charge on any atom is -0.384 e. The SMILES string of the molecule is CC1=C(C(=O)NCCCc2ccccc2)c2c(cccc2[C@H](C)C=O)CN1. The van der Waals surface area contributed by atoms with E-state index in [-0.39, 0.29) is 11.8 Å². The van der Waals surface area contributed by atoms with Crippen molar-refractivity contribution in [1.29, 1.82) is 0 Å². The third-order valence-electron chi connectivity index (χ3n) is 5.04. The van der Waals surface area contributed by atoms with Crippen molar-refractivity contribution in [3.63, 3.8) is 0 Å². The summed E-state index contributed by atoms with van der Waals surface area (Å²) in [7, 11) is 0. The summed E-state index contributed by atoms with van der Waals surface area (Å²) in [5, 5.41) is 6.35. The van der Waals surface area contributed by atoms with E-state index in [2.05, 4.69) is 22.8 Å². The second-order valence-electron chi connectivity index (χ2n) is 7.00. The Labute approximate surface area is 160 Å². The summed E-state index contributed by atoms with van der Waals surface area (Å²) >= 11 is 0. The van der Waals surface area contributed by atoms with Gasteiger partial charge in [0.25, 0.3) is 5.91 Å². The molecule has 1 amide bonds. The van der Waals surface area contributed by atoms with Gasteiger partial charge in [0, 0.05) is 24.7 Å². The smallest absolute Gasteiger partial charge is 0.253 e. The largest absolute Gasteiger partial charge is 0.384 e. The third kappa shape index (κ3) is 4.27. The normalized spacial score (nSPS) is 14.1. The minimum absolute atomic E-state index is 0.0837. The maximum absolute atomic E-state index is 12.9. The quantitative estimate of drug-likeness (QED) is 0.585. The molecule has 0 fully saturated rings. The van der Waals surface area contributed by atoms with E-state index >= 15 is 0 Å². The summed E-state index contributed by atoms with van der Waals surface area (Å²) in [6.45, 7) is 5.08. The summed E-state index contributed by atoms with van der Waals surface area (Å²) in [5.74, 6) is -0.328. The first-order valence-electron chi connectivity index (χ1n) is 9.46. The van der Waals surface area contributed by atoms with Gasteiger partial charge in [-0.25, -0.2) is 0 Å². The maximum Gasteiger partial charge on any atom is 0.253 e. The minimum atomic E-state index is -0.244. The molecule has 0 saturated carbocycles. The van der Waals surface area contributed by atoms with Crippen LogP contribution in [-0.2, 0) is 22.6 Å². The molecular formula is C23H26N2O2. The van der Waals surface area contributed by atoms with Crippen LogP contribution < -0.4 is 10.6 Å². The van der Waals surface area contributed by atoms with Crippen LogP contribution in [0.3, 0.4) is 0 Å². The Balaban J connectivity index is 1.74. The van der Waals surface area contributed by atoms with Crippen molar-refractivity contribution in [2.24, 2.45) is 0 Å². The van der Waals surface area contributed by atoms with Crippen molar-refractivity contribution in [2.45, 2.75) is 39.2 Å². The van der Waals surface area contributed by atoms with Gasteiger partial charge >= 0.3 is 0 Å². The number of amides is 1. The average Bonchev–Trinajstić information content (AvgIpc) is 2.70. The van der Waals surface area contributed by atoms with E-state index in [0.717, 1.165) is 41.5 Å². The number of aryl methyl sites for hydroxylation is 1. The highest BCUT2D eigenvalue weighted by Crippen LogP contribution is 2.33. The number of allylic oxidation sites excluding steroid dienone is 1. The van der Waals surface area contributed by atoms with Crippen molar-refractivity contribution in [1.82, 2.24) is 10.6 Å². The lowest BCUT2D eigenvalue weighted by Crippen LogP contribution is -2.32. The summed E-state index contributed by atoms with van der Waals surface area (Å²) in [6.07, 6.45) is 2.75. The Kier molecular flexibility index (Phi) is 6.07. The van der Waals surface area contributed by atoms with Crippen LogP contribution in [0.15, 0.2) is 54.2 Å². The van der Waals surface area contributed by atoms with Gasteiger partial charge in [-0.1, -0.05) is 55.5 Å². The van der Waals surface area contributed by atoms with E-state index < -0.39 is 0 Å². The van der Waals surface area contributed by atoms with Crippen molar-refractivity contribution in [3.8, 4) is 0 Å². The number of rotatable bonds is 7. The van der Waals surface area contributed by atoms with E-state index in [4.69, 9.17) is 0 Å². The zero-order chi connectivity index (χ0) is 19.2. The first kappa shape index (κ1) is 18.9. The highest BCUT2D eigenvalue weighted by Gasteiger charge is 2.26. The standard InChI is InChI=1S/C23H26N2O2/c1-16(15-26)20-12-6-11-19-14-25-17(2)21(22(19)20)23(27)24-13-7-10-18-8-4-3-5-9-18/h3-6,8-9,11-12,15-16,25H,7,10,13-14H2,1-2H3,(H,24,27)/t16-/m1/s1. The molecule has 0 radical (unpaired) electrons. The molecule has 2 N–H and O–H groups in total. The van der Waals surface area contributed by atoms with Crippen LogP contribution in [-0.4, -0.2) is 18.7 Å². The zero-order valence-electron chi connectivity index (χ0n) is 15.9. The molecule has 140 valence electrons. The fourth-order valence-corrected chi connectivity index (χ4v) is 3.54. The second kappa shape index (κ2) is 8.67. The molecule has 4 heteroatoms. The fraction of sp³-hybridized carbons (Fsp3) is 0.304. The lowest BCUT2D eigenvalue weighted by molar-refractivity contribution is -0.115. The highest BCUT2D eigenvalue weighted by molar-refractivity contribution is 6.21. The average molecular weight is 362 g/mol. The van der Waals surface area contributed by atoms with Crippen LogP contribution in [0, 0.1) is 0 Å². The van der Waals surface area contributed by atoms with Gasteiger partial charge in [-0.05, 0) is 42.0 Å². The summed E-state index contributed by atoms with van der Waals surface area (Å²) in [4.78, 5) is 24.3. The second-order valence-corrected chi connectivity index (χ2v) is 7.00. The number of nitrogens with one attached hydrogen (secondary N) is 2.